The molecular formula is C20H15N3O. The van der Waals surface area contributed by atoms with E-state index in [-0.39, 0.29) is 0 Å². The molecule has 0 aliphatic rings. The van der Waals surface area contributed by atoms with Gasteiger partial charge in [0.1, 0.15) is 17.0 Å². The van der Waals surface area contributed by atoms with Crippen LogP contribution in [0.15, 0.2) is 60.7 Å². The van der Waals surface area contributed by atoms with Crippen LogP contribution in [0.5, 0.6) is 5.75 Å². The predicted octanol–water partition coefficient (Wildman–Crippen LogP) is 4.54. The number of fused-ring (bicyclic) bond motifs is 3. The fourth-order valence-electron chi connectivity index (χ4n) is 3.46. The maximum atomic E-state index is 5.53. The smallest absolute Gasteiger partial charge is 0.121 e. The SMILES string of the molecule is CCOc1ccc(-c2nnn3c4cccc5cccc(c54)c23)cc1. The second kappa shape index (κ2) is 4.93. The lowest BCUT2D eigenvalue weighted by molar-refractivity contribution is 0.340. The van der Waals surface area contributed by atoms with Gasteiger partial charge in [-0.1, -0.05) is 35.5 Å². The number of nitrogens with zero attached hydrogens (tertiary/aromatic N) is 3. The number of ether oxygens (including phenoxy) is 1. The lowest BCUT2D eigenvalue weighted by Gasteiger charge is -2.03. The summed E-state index contributed by atoms with van der Waals surface area (Å²) in [4.78, 5) is 0. The van der Waals surface area contributed by atoms with Crippen molar-refractivity contribution in [3.63, 3.8) is 0 Å². The fourth-order valence-corrected chi connectivity index (χ4v) is 3.46. The van der Waals surface area contributed by atoms with Crippen LogP contribution in [0.2, 0.25) is 0 Å². The Morgan fingerprint density at radius 1 is 0.958 bits per heavy atom. The van der Waals surface area contributed by atoms with Crippen LogP contribution in [0.1, 0.15) is 6.92 Å². The van der Waals surface area contributed by atoms with Crippen LogP contribution in [0, 0.1) is 0 Å². The van der Waals surface area contributed by atoms with Gasteiger partial charge in [-0.2, -0.15) is 0 Å². The second-order valence-corrected chi connectivity index (χ2v) is 5.84. The summed E-state index contributed by atoms with van der Waals surface area (Å²) in [6.07, 6.45) is 0. The summed E-state index contributed by atoms with van der Waals surface area (Å²) in [7, 11) is 0. The molecule has 0 aliphatic carbocycles. The van der Waals surface area contributed by atoms with E-state index in [9.17, 15) is 0 Å². The zero-order valence-electron chi connectivity index (χ0n) is 13.2. The van der Waals surface area contributed by atoms with E-state index in [1.54, 1.807) is 0 Å². The molecule has 0 spiro atoms. The minimum absolute atomic E-state index is 0.665. The van der Waals surface area contributed by atoms with Crippen LogP contribution < -0.4 is 4.74 Å². The molecule has 0 N–H and O–H groups in total. The molecule has 0 aliphatic heterocycles. The molecule has 5 rings (SSSR count). The highest BCUT2D eigenvalue weighted by molar-refractivity contribution is 6.18. The molecular weight excluding hydrogens is 298 g/mol. The summed E-state index contributed by atoms with van der Waals surface area (Å²) < 4.78 is 7.47. The molecule has 2 aromatic heterocycles. The van der Waals surface area contributed by atoms with Gasteiger partial charge in [-0.3, -0.25) is 0 Å². The monoisotopic (exact) mass is 313 g/mol. The van der Waals surface area contributed by atoms with Crippen molar-refractivity contribution in [2.24, 2.45) is 0 Å². The zero-order valence-corrected chi connectivity index (χ0v) is 13.2. The van der Waals surface area contributed by atoms with Gasteiger partial charge in [-0.15, -0.1) is 5.10 Å². The van der Waals surface area contributed by atoms with Crippen molar-refractivity contribution in [3.8, 4) is 17.0 Å². The van der Waals surface area contributed by atoms with Crippen molar-refractivity contribution in [1.29, 1.82) is 0 Å². The normalized spacial score (nSPS) is 11.7. The Hall–Kier alpha value is -3.14. The highest BCUT2D eigenvalue weighted by Gasteiger charge is 2.18. The maximum Gasteiger partial charge on any atom is 0.121 e. The van der Waals surface area contributed by atoms with Crippen LogP contribution in [0.4, 0.5) is 0 Å². The van der Waals surface area contributed by atoms with Gasteiger partial charge in [0.15, 0.2) is 0 Å². The Bertz CT molecular complexity index is 1150. The summed E-state index contributed by atoms with van der Waals surface area (Å²) in [5.74, 6) is 0.871. The van der Waals surface area contributed by atoms with Gasteiger partial charge >= 0.3 is 0 Å². The standard InChI is InChI=1S/C20H15N3O/c1-2-24-15-11-9-14(10-12-15)19-20-16-7-3-5-13-6-4-8-17(18(13)16)23(20)22-21-19/h3-12H,2H2,1H3. The maximum absolute atomic E-state index is 5.53. The Morgan fingerprint density at radius 2 is 1.75 bits per heavy atom. The first-order valence-electron chi connectivity index (χ1n) is 8.08. The zero-order chi connectivity index (χ0) is 16.1. The summed E-state index contributed by atoms with van der Waals surface area (Å²) >= 11 is 0. The lowest BCUT2D eigenvalue weighted by atomic mass is 10.1. The van der Waals surface area contributed by atoms with Crippen molar-refractivity contribution >= 4 is 27.2 Å². The largest absolute Gasteiger partial charge is 0.494 e. The summed E-state index contributed by atoms with van der Waals surface area (Å²) in [6, 6.07) is 20.7. The number of benzene rings is 3. The van der Waals surface area contributed by atoms with Gasteiger partial charge in [0.2, 0.25) is 0 Å². The van der Waals surface area contributed by atoms with Crippen LogP contribution in [0.3, 0.4) is 0 Å². The first kappa shape index (κ1) is 13.3. The van der Waals surface area contributed by atoms with E-state index in [0.29, 0.717) is 6.61 Å². The minimum atomic E-state index is 0.665. The van der Waals surface area contributed by atoms with E-state index < -0.39 is 0 Å². The molecule has 116 valence electrons. The summed E-state index contributed by atoms with van der Waals surface area (Å²) in [6.45, 7) is 2.65. The molecule has 5 aromatic rings. The molecule has 0 atom stereocenters. The third-order valence-corrected chi connectivity index (χ3v) is 4.48. The molecule has 4 heteroatoms. The molecule has 0 bridgehead atoms. The van der Waals surface area contributed by atoms with E-state index >= 15 is 0 Å². The van der Waals surface area contributed by atoms with Crippen molar-refractivity contribution in [2.45, 2.75) is 6.92 Å². The molecule has 24 heavy (non-hydrogen) atoms. The molecule has 0 unspecified atom stereocenters. The lowest BCUT2D eigenvalue weighted by Crippen LogP contribution is -1.90. The van der Waals surface area contributed by atoms with Gasteiger partial charge in [0.05, 0.1) is 12.1 Å². The van der Waals surface area contributed by atoms with Gasteiger partial charge in [0, 0.05) is 16.3 Å². The van der Waals surface area contributed by atoms with Crippen LogP contribution >= 0.6 is 0 Å². The highest BCUT2D eigenvalue weighted by Crippen LogP contribution is 2.36. The Morgan fingerprint density at radius 3 is 2.54 bits per heavy atom. The fraction of sp³-hybridized carbons (Fsp3) is 0.100. The van der Waals surface area contributed by atoms with Crippen LogP contribution in [-0.4, -0.2) is 21.4 Å². The molecule has 0 saturated heterocycles. The minimum Gasteiger partial charge on any atom is -0.494 e. The molecule has 0 amide bonds. The first-order valence-corrected chi connectivity index (χ1v) is 8.08. The van der Waals surface area contributed by atoms with Crippen LogP contribution in [-0.2, 0) is 0 Å². The van der Waals surface area contributed by atoms with Crippen LogP contribution in [0.25, 0.3) is 38.4 Å². The number of aromatic nitrogens is 3. The van der Waals surface area contributed by atoms with Crippen molar-refractivity contribution < 1.29 is 4.74 Å². The molecule has 2 heterocycles. The van der Waals surface area contributed by atoms with E-state index in [4.69, 9.17) is 4.74 Å². The van der Waals surface area contributed by atoms with E-state index in [2.05, 4.69) is 46.7 Å². The summed E-state index contributed by atoms with van der Waals surface area (Å²) in [5.41, 5.74) is 4.11. The van der Waals surface area contributed by atoms with E-state index in [0.717, 1.165) is 28.0 Å². The van der Waals surface area contributed by atoms with Gasteiger partial charge in [-0.05, 0) is 42.6 Å². The van der Waals surface area contributed by atoms with Gasteiger partial charge < -0.3 is 4.74 Å². The van der Waals surface area contributed by atoms with E-state index in [1.165, 1.54) is 16.2 Å². The quantitative estimate of drug-likeness (QED) is 0.491. The number of rotatable bonds is 3. The summed E-state index contributed by atoms with van der Waals surface area (Å²) in [5, 5.41) is 12.5. The second-order valence-electron chi connectivity index (χ2n) is 5.84. The van der Waals surface area contributed by atoms with Gasteiger partial charge in [0.25, 0.3) is 0 Å². The van der Waals surface area contributed by atoms with E-state index in [1.807, 2.05) is 35.7 Å². The molecule has 4 nitrogen and oxygen atoms in total. The molecule has 3 aromatic carbocycles. The molecule has 0 fully saturated rings. The highest BCUT2D eigenvalue weighted by atomic mass is 16.5. The van der Waals surface area contributed by atoms with Crippen molar-refractivity contribution in [1.82, 2.24) is 14.8 Å². The number of hydrogen-bond donors (Lipinski definition) is 0. The average molecular weight is 313 g/mol. The number of hydrogen-bond acceptors (Lipinski definition) is 3. The molecule has 0 saturated carbocycles. The average Bonchev–Trinajstić information content (AvgIpc) is 3.18. The van der Waals surface area contributed by atoms with Crippen molar-refractivity contribution in [2.75, 3.05) is 6.61 Å². The third kappa shape index (κ3) is 1.74. The van der Waals surface area contributed by atoms with Gasteiger partial charge in [-0.25, -0.2) is 4.52 Å². The van der Waals surface area contributed by atoms with Crippen molar-refractivity contribution in [3.05, 3.63) is 60.7 Å². The first-order chi connectivity index (χ1) is 11.9. The molecule has 0 radical (unpaired) electrons. The Kier molecular flexibility index (Phi) is 2.73. The Balaban J connectivity index is 1.81. The predicted molar refractivity (Wildman–Crippen MR) is 95.8 cm³/mol. The Labute approximate surface area is 138 Å². The topological polar surface area (TPSA) is 39.4 Å². The third-order valence-electron chi connectivity index (χ3n) is 4.48.